The molecule has 0 aliphatic heterocycles. The number of nitrogens with zero attached hydrogens (tertiary/aromatic N) is 1. The molecule has 0 heterocycles. The normalized spacial score (nSPS) is 10.4. The molecule has 0 unspecified atom stereocenters. The fourth-order valence-corrected chi connectivity index (χ4v) is 1.62. The second-order valence-electron chi connectivity index (χ2n) is 4.12. The molecule has 0 atom stereocenters. The van der Waals surface area contributed by atoms with Crippen LogP contribution in [0, 0.1) is 0 Å². The predicted molar refractivity (Wildman–Crippen MR) is 66.5 cm³/mol. The van der Waals surface area contributed by atoms with Gasteiger partial charge < -0.3 is 9.64 Å². The van der Waals surface area contributed by atoms with E-state index in [9.17, 15) is 4.79 Å². The highest BCUT2D eigenvalue weighted by Crippen LogP contribution is 2.29. The number of rotatable bonds is 4. The Kier molecular flexibility index (Phi) is 3.93. The van der Waals surface area contributed by atoms with Crippen LogP contribution in [0.1, 0.15) is 31.1 Å². The molecule has 0 fully saturated rings. The molecule has 3 heteroatoms. The summed E-state index contributed by atoms with van der Waals surface area (Å²) in [6.07, 6.45) is 0. The van der Waals surface area contributed by atoms with Gasteiger partial charge in [-0.1, -0.05) is 6.07 Å². The molecule has 0 bridgehead atoms. The molecule has 0 aliphatic carbocycles. The van der Waals surface area contributed by atoms with E-state index < -0.39 is 0 Å². The Labute approximate surface area is 97.0 Å². The number of benzene rings is 1. The van der Waals surface area contributed by atoms with Gasteiger partial charge in [0.1, 0.15) is 5.75 Å². The second-order valence-corrected chi connectivity index (χ2v) is 4.12. The van der Waals surface area contributed by atoms with E-state index in [2.05, 4.69) is 18.7 Å². The van der Waals surface area contributed by atoms with Gasteiger partial charge in [-0.15, -0.1) is 0 Å². The van der Waals surface area contributed by atoms with Crippen LogP contribution in [0.15, 0.2) is 18.2 Å². The maximum atomic E-state index is 11.7. The van der Waals surface area contributed by atoms with Crippen molar-refractivity contribution in [3.8, 4) is 5.75 Å². The van der Waals surface area contributed by atoms with E-state index >= 15 is 0 Å². The van der Waals surface area contributed by atoms with Gasteiger partial charge in [0.2, 0.25) is 0 Å². The molecule has 0 radical (unpaired) electrons. The molecule has 1 rings (SSSR count). The molecule has 0 amide bonds. The van der Waals surface area contributed by atoms with Gasteiger partial charge in [0.15, 0.2) is 5.78 Å². The quantitative estimate of drug-likeness (QED) is 0.732. The van der Waals surface area contributed by atoms with Gasteiger partial charge in [-0.3, -0.25) is 4.79 Å². The minimum atomic E-state index is 0.0277. The van der Waals surface area contributed by atoms with Crippen LogP contribution in [0.5, 0.6) is 5.75 Å². The third kappa shape index (κ3) is 2.35. The minimum absolute atomic E-state index is 0.0277. The standard InChI is InChI=1S/C13H19NO2/c1-9(2)14(4)11-7-6-8-12(16-5)13(11)10(3)15/h6-9H,1-5H3. The lowest BCUT2D eigenvalue weighted by Gasteiger charge is -2.26. The van der Waals surface area contributed by atoms with Gasteiger partial charge in [-0.05, 0) is 32.9 Å². The van der Waals surface area contributed by atoms with Crippen molar-refractivity contribution in [1.82, 2.24) is 0 Å². The fraction of sp³-hybridized carbons (Fsp3) is 0.462. The first-order chi connectivity index (χ1) is 7.49. The van der Waals surface area contributed by atoms with Crippen molar-refractivity contribution < 1.29 is 9.53 Å². The summed E-state index contributed by atoms with van der Waals surface area (Å²) in [5, 5.41) is 0. The van der Waals surface area contributed by atoms with Crippen LogP contribution in [0.25, 0.3) is 0 Å². The Morgan fingerprint density at radius 1 is 1.38 bits per heavy atom. The summed E-state index contributed by atoms with van der Waals surface area (Å²) in [5.41, 5.74) is 1.57. The SMILES string of the molecule is COc1cccc(N(C)C(C)C)c1C(C)=O. The Bertz CT molecular complexity index is 386. The Morgan fingerprint density at radius 3 is 2.44 bits per heavy atom. The largest absolute Gasteiger partial charge is 0.496 e. The van der Waals surface area contributed by atoms with E-state index in [1.165, 1.54) is 0 Å². The lowest BCUT2D eigenvalue weighted by atomic mass is 10.1. The van der Waals surface area contributed by atoms with Gasteiger partial charge in [0.05, 0.1) is 18.4 Å². The zero-order valence-electron chi connectivity index (χ0n) is 10.6. The number of methoxy groups -OCH3 is 1. The smallest absolute Gasteiger partial charge is 0.165 e. The number of hydrogen-bond donors (Lipinski definition) is 0. The van der Waals surface area contributed by atoms with E-state index in [1.54, 1.807) is 14.0 Å². The van der Waals surface area contributed by atoms with Crippen molar-refractivity contribution in [2.75, 3.05) is 19.1 Å². The highest BCUT2D eigenvalue weighted by Gasteiger charge is 2.17. The van der Waals surface area contributed by atoms with Crippen molar-refractivity contribution in [1.29, 1.82) is 0 Å². The lowest BCUT2D eigenvalue weighted by molar-refractivity contribution is 0.101. The Morgan fingerprint density at radius 2 is 2.00 bits per heavy atom. The zero-order valence-corrected chi connectivity index (χ0v) is 10.6. The minimum Gasteiger partial charge on any atom is -0.496 e. The molecule has 3 nitrogen and oxygen atoms in total. The molecule has 88 valence electrons. The number of anilines is 1. The average molecular weight is 221 g/mol. The third-order valence-corrected chi connectivity index (χ3v) is 2.73. The van der Waals surface area contributed by atoms with Gasteiger partial charge in [-0.2, -0.15) is 0 Å². The first kappa shape index (κ1) is 12.6. The fourth-order valence-electron chi connectivity index (χ4n) is 1.62. The summed E-state index contributed by atoms with van der Waals surface area (Å²) in [7, 11) is 3.56. The van der Waals surface area contributed by atoms with Crippen molar-refractivity contribution >= 4 is 11.5 Å². The van der Waals surface area contributed by atoms with E-state index in [0.717, 1.165) is 5.69 Å². The zero-order chi connectivity index (χ0) is 12.3. The van der Waals surface area contributed by atoms with Crippen LogP contribution < -0.4 is 9.64 Å². The van der Waals surface area contributed by atoms with Gasteiger partial charge >= 0.3 is 0 Å². The van der Waals surface area contributed by atoms with Crippen molar-refractivity contribution in [2.24, 2.45) is 0 Å². The summed E-state index contributed by atoms with van der Waals surface area (Å²) in [6.45, 7) is 5.74. The summed E-state index contributed by atoms with van der Waals surface area (Å²) in [4.78, 5) is 13.7. The number of ketones is 1. The van der Waals surface area contributed by atoms with E-state index in [0.29, 0.717) is 17.4 Å². The monoisotopic (exact) mass is 221 g/mol. The highest BCUT2D eigenvalue weighted by atomic mass is 16.5. The van der Waals surface area contributed by atoms with Crippen LogP contribution in [0.4, 0.5) is 5.69 Å². The molecule has 16 heavy (non-hydrogen) atoms. The maximum Gasteiger partial charge on any atom is 0.165 e. The lowest BCUT2D eigenvalue weighted by Crippen LogP contribution is -2.27. The van der Waals surface area contributed by atoms with Crippen LogP contribution in [-0.2, 0) is 0 Å². The molecule has 0 saturated carbocycles. The number of ether oxygens (including phenoxy) is 1. The summed E-state index contributed by atoms with van der Waals surface area (Å²) >= 11 is 0. The number of hydrogen-bond acceptors (Lipinski definition) is 3. The molecule has 0 aromatic heterocycles. The van der Waals surface area contributed by atoms with Gasteiger partial charge in [0.25, 0.3) is 0 Å². The molecular formula is C13H19NO2. The van der Waals surface area contributed by atoms with Gasteiger partial charge in [0, 0.05) is 13.1 Å². The van der Waals surface area contributed by atoms with E-state index in [1.807, 2.05) is 25.2 Å². The molecule has 0 aliphatic rings. The average Bonchev–Trinajstić information content (AvgIpc) is 2.26. The van der Waals surface area contributed by atoms with E-state index in [-0.39, 0.29) is 5.78 Å². The molecule has 1 aromatic rings. The molecule has 0 spiro atoms. The predicted octanol–water partition coefficient (Wildman–Crippen LogP) is 2.74. The second kappa shape index (κ2) is 5.01. The molecule has 0 saturated heterocycles. The first-order valence-corrected chi connectivity index (χ1v) is 5.39. The molecule has 0 N–H and O–H groups in total. The summed E-state index contributed by atoms with van der Waals surface area (Å²) < 4.78 is 5.23. The van der Waals surface area contributed by atoms with E-state index in [4.69, 9.17) is 4.74 Å². The summed E-state index contributed by atoms with van der Waals surface area (Å²) in [6, 6.07) is 6.00. The third-order valence-electron chi connectivity index (χ3n) is 2.73. The van der Waals surface area contributed by atoms with Crippen LogP contribution in [0.3, 0.4) is 0 Å². The highest BCUT2D eigenvalue weighted by molar-refractivity contribution is 6.02. The van der Waals surface area contributed by atoms with Crippen molar-refractivity contribution in [2.45, 2.75) is 26.8 Å². The first-order valence-electron chi connectivity index (χ1n) is 5.39. The van der Waals surface area contributed by atoms with Gasteiger partial charge in [-0.25, -0.2) is 0 Å². The maximum absolute atomic E-state index is 11.7. The van der Waals surface area contributed by atoms with Crippen LogP contribution in [0.2, 0.25) is 0 Å². The Balaban J connectivity index is 3.33. The molecule has 1 aromatic carbocycles. The Hall–Kier alpha value is -1.51. The van der Waals surface area contributed by atoms with Crippen LogP contribution in [-0.4, -0.2) is 26.0 Å². The number of Topliss-reactive ketones (excluding diaryl/α,β-unsaturated/α-hetero) is 1. The topological polar surface area (TPSA) is 29.5 Å². The summed E-state index contributed by atoms with van der Waals surface area (Å²) in [5.74, 6) is 0.664. The number of carbonyl (C=O) groups is 1. The molecular weight excluding hydrogens is 202 g/mol. The number of carbonyl (C=O) groups excluding carboxylic acids is 1. The van der Waals surface area contributed by atoms with Crippen molar-refractivity contribution in [3.05, 3.63) is 23.8 Å². The van der Waals surface area contributed by atoms with Crippen LogP contribution >= 0.6 is 0 Å². The van der Waals surface area contributed by atoms with Crippen molar-refractivity contribution in [3.63, 3.8) is 0 Å².